The van der Waals surface area contributed by atoms with Crippen molar-refractivity contribution in [1.82, 2.24) is 5.32 Å². The fourth-order valence-electron chi connectivity index (χ4n) is 7.36. The maximum Gasteiger partial charge on any atom is 0.226 e. The predicted molar refractivity (Wildman–Crippen MR) is 105 cm³/mol. The maximum atomic E-state index is 13.5. The molecule has 5 saturated carbocycles. The number of carbonyl (C=O) groups is 1. The van der Waals surface area contributed by atoms with E-state index >= 15 is 0 Å². The zero-order valence-corrected chi connectivity index (χ0v) is 16.2. The molecule has 2 unspecified atom stereocenters. The lowest BCUT2D eigenvalue weighted by atomic mass is 9.42. The SMILES string of the molecule is Cc1ccc(C23C[C@@H]4C[C@@H](CC(C(=O)NC5CCCCC5)(C4)C2)C3)cc1. The van der Waals surface area contributed by atoms with Crippen LogP contribution in [0.2, 0.25) is 0 Å². The Bertz CT molecular complexity index is 671. The summed E-state index contributed by atoms with van der Waals surface area (Å²) in [5.41, 5.74) is 3.03. The summed E-state index contributed by atoms with van der Waals surface area (Å²) in [5.74, 6) is 1.93. The summed E-state index contributed by atoms with van der Waals surface area (Å²) in [5, 5.41) is 3.51. The molecule has 5 fully saturated rings. The van der Waals surface area contributed by atoms with Crippen molar-refractivity contribution in [2.24, 2.45) is 17.3 Å². The van der Waals surface area contributed by atoms with Gasteiger partial charge in [0.25, 0.3) is 0 Å². The maximum absolute atomic E-state index is 13.5. The van der Waals surface area contributed by atoms with Gasteiger partial charge < -0.3 is 5.32 Å². The first kappa shape index (κ1) is 16.8. The number of benzene rings is 1. The van der Waals surface area contributed by atoms with Crippen LogP contribution in [0.5, 0.6) is 0 Å². The van der Waals surface area contributed by atoms with E-state index in [0.29, 0.717) is 11.9 Å². The first-order valence-corrected chi connectivity index (χ1v) is 11.0. The molecular weight excluding hydrogens is 318 g/mol. The highest BCUT2D eigenvalue weighted by molar-refractivity contribution is 5.83. The van der Waals surface area contributed by atoms with Crippen molar-refractivity contribution in [3.63, 3.8) is 0 Å². The summed E-state index contributed by atoms with van der Waals surface area (Å²) in [4.78, 5) is 13.5. The highest BCUT2D eigenvalue weighted by atomic mass is 16.2. The van der Waals surface area contributed by atoms with Gasteiger partial charge in [0.2, 0.25) is 5.91 Å². The van der Waals surface area contributed by atoms with E-state index in [0.717, 1.165) is 31.1 Å². The first-order chi connectivity index (χ1) is 12.6. The predicted octanol–water partition coefficient (Wildman–Crippen LogP) is 5.28. The lowest BCUT2D eigenvalue weighted by Gasteiger charge is -2.61. The quantitative estimate of drug-likeness (QED) is 0.788. The standard InChI is InChI=1S/C24H33NO/c1-17-7-9-20(10-8-17)23-12-18-11-19(13-23)15-24(14-18,16-23)22(26)25-21-5-3-2-4-6-21/h7-10,18-19,21H,2-6,11-16H2,1H3,(H,25,26)/t18-,19+,23?,24?. The lowest BCUT2D eigenvalue weighted by Crippen LogP contribution is -2.60. The molecule has 0 spiro atoms. The van der Waals surface area contributed by atoms with Gasteiger partial charge in [-0.3, -0.25) is 4.79 Å². The van der Waals surface area contributed by atoms with Gasteiger partial charge in [0, 0.05) is 6.04 Å². The molecule has 1 aromatic carbocycles. The molecular formula is C24H33NO. The van der Waals surface area contributed by atoms with E-state index < -0.39 is 0 Å². The molecule has 4 atom stereocenters. The molecule has 2 nitrogen and oxygen atoms in total. The van der Waals surface area contributed by atoms with Crippen LogP contribution < -0.4 is 5.32 Å². The molecule has 0 heterocycles. The van der Waals surface area contributed by atoms with Crippen LogP contribution in [-0.2, 0) is 10.2 Å². The Balaban J connectivity index is 1.42. The van der Waals surface area contributed by atoms with E-state index in [1.54, 1.807) is 0 Å². The van der Waals surface area contributed by atoms with Crippen LogP contribution >= 0.6 is 0 Å². The first-order valence-electron chi connectivity index (χ1n) is 11.0. The second-order valence-electron chi connectivity index (χ2n) is 10.2. The van der Waals surface area contributed by atoms with Crippen LogP contribution in [0.1, 0.15) is 81.8 Å². The van der Waals surface area contributed by atoms with Crippen LogP contribution in [0.3, 0.4) is 0 Å². The van der Waals surface area contributed by atoms with Gasteiger partial charge in [-0.05, 0) is 81.1 Å². The van der Waals surface area contributed by atoms with Gasteiger partial charge in [-0.25, -0.2) is 0 Å². The number of nitrogens with one attached hydrogen (secondary N) is 1. The molecule has 1 amide bonds. The Labute approximate surface area is 158 Å². The average molecular weight is 352 g/mol. The molecule has 26 heavy (non-hydrogen) atoms. The number of aryl methyl sites for hydroxylation is 1. The number of hydrogen-bond acceptors (Lipinski definition) is 1. The van der Waals surface area contributed by atoms with E-state index in [9.17, 15) is 4.79 Å². The summed E-state index contributed by atoms with van der Waals surface area (Å²) < 4.78 is 0. The average Bonchev–Trinajstić information content (AvgIpc) is 2.62. The summed E-state index contributed by atoms with van der Waals surface area (Å²) in [7, 11) is 0. The Morgan fingerprint density at radius 3 is 2.27 bits per heavy atom. The van der Waals surface area contributed by atoms with Crippen molar-refractivity contribution in [3.05, 3.63) is 35.4 Å². The Morgan fingerprint density at radius 1 is 0.962 bits per heavy atom. The van der Waals surface area contributed by atoms with E-state index in [1.807, 2.05) is 0 Å². The van der Waals surface area contributed by atoms with E-state index in [2.05, 4.69) is 36.5 Å². The number of hydrogen-bond donors (Lipinski definition) is 1. The normalized spacial score (nSPS) is 39.1. The highest BCUT2D eigenvalue weighted by Crippen LogP contribution is 2.65. The van der Waals surface area contributed by atoms with Gasteiger partial charge in [0.1, 0.15) is 0 Å². The minimum Gasteiger partial charge on any atom is -0.353 e. The van der Waals surface area contributed by atoms with Crippen molar-refractivity contribution in [2.45, 2.75) is 89.0 Å². The summed E-state index contributed by atoms with van der Waals surface area (Å²) >= 11 is 0. The zero-order chi connectivity index (χ0) is 17.8. The Kier molecular flexibility index (Phi) is 3.95. The summed E-state index contributed by atoms with van der Waals surface area (Å²) in [6.07, 6.45) is 13.7. The lowest BCUT2D eigenvalue weighted by molar-refractivity contribution is -0.150. The molecule has 140 valence electrons. The molecule has 2 heteroatoms. The van der Waals surface area contributed by atoms with Crippen LogP contribution in [-0.4, -0.2) is 11.9 Å². The van der Waals surface area contributed by atoms with Gasteiger partial charge >= 0.3 is 0 Å². The van der Waals surface area contributed by atoms with Gasteiger partial charge in [0.15, 0.2) is 0 Å². The van der Waals surface area contributed by atoms with Gasteiger partial charge in [0.05, 0.1) is 5.41 Å². The van der Waals surface area contributed by atoms with E-state index in [4.69, 9.17) is 0 Å². The molecule has 0 aromatic heterocycles. The summed E-state index contributed by atoms with van der Waals surface area (Å²) in [6.45, 7) is 2.17. The van der Waals surface area contributed by atoms with Crippen LogP contribution in [0.4, 0.5) is 0 Å². The molecule has 5 aliphatic carbocycles. The topological polar surface area (TPSA) is 29.1 Å². The molecule has 4 bridgehead atoms. The van der Waals surface area contributed by atoms with Crippen molar-refractivity contribution < 1.29 is 4.79 Å². The van der Waals surface area contributed by atoms with Crippen LogP contribution in [0.25, 0.3) is 0 Å². The van der Waals surface area contributed by atoms with Crippen molar-refractivity contribution in [2.75, 3.05) is 0 Å². The van der Waals surface area contributed by atoms with Crippen LogP contribution in [0.15, 0.2) is 24.3 Å². The smallest absolute Gasteiger partial charge is 0.226 e. The van der Waals surface area contributed by atoms with Crippen LogP contribution in [0, 0.1) is 24.2 Å². The fourth-order valence-corrected chi connectivity index (χ4v) is 7.36. The van der Waals surface area contributed by atoms with Gasteiger partial charge in [-0.2, -0.15) is 0 Å². The van der Waals surface area contributed by atoms with Gasteiger partial charge in [-0.15, -0.1) is 0 Å². The number of carbonyl (C=O) groups excluding carboxylic acids is 1. The number of rotatable bonds is 3. The third-order valence-corrected chi connectivity index (χ3v) is 8.15. The molecule has 0 radical (unpaired) electrons. The molecule has 6 rings (SSSR count). The van der Waals surface area contributed by atoms with Crippen molar-refractivity contribution in [1.29, 1.82) is 0 Å². The molecule has 1 aromatic rings. The minimum absolute atomic E-state index is 0.0770. The largest absolute Gasteiger partial charge is 0.353 e. The molecule has 1 N–H and O–H groups in total. The molecule has 0 aliphatic heterocycles. The number of amides is 1. The fraction of sp³-hybridized carbons (Fsp3) is 0.708. The zero-order valence-electron chi connectivity index (χ0n) is 16.2. The Morgan fingerprint density at radius 2 is 1.62 bits per heavy atom. The van der Waals surface area contributed by atoms with E-state index in [-0.39, 0.29) is 10.8 Å². The minimum atomic E-state index is -0.0770. The second kappa shape index (κ2) is 6.11. The second-order valence-corrected chi connectivity index (χ2v) is 10.2. The Hall–Kier alpha value is -1.31. The van der Waals surface area contributed by atoms with Gasteiger partial charge in [-0.1, -0.05) is 49.1 Å². The van der Waals surface area contributed by atoms with E-state index in [1.165, 1.54) is 62.5 Å². The third kappa shape index (κ3) is 2.72. The monoisotopic (exact) mass is 351 g/mol. The van der Waals surface area contributed by atoms with Crippen molar-refractivity contribution in [3.8, 4) is 0 Å². The summed E-state index contributed by atoms with van der Waals surface area (Å²) in [6, 6.07) is 9.69. The highest BCUT2D eigenvalue weighted by Gasteiger charge is 2.61. The molecule has 5 aliphatic rings. The third-order valence-electron chi connectivity index (χ3n) is 8.15. The molecule has 0 saturated heterocycles. The van der Waals surface area contributed by atoms with Crippen molar-refractivity contribution >= 4 is 5.91 Å².